The van der Waals surface area contributed by atoms with Gasteiger partial charge in [-0.1, -0.05) is 318 Å². The molecule has 0 aliphatic heterocycles. The van der Waals surface area contributed by atoms with Crippen molar-refractivity contribution >= 4 is 39.5 Å². The second kappa shape index (κ2) is 63.8. The van der Waals surface area contributed by atoms with Crippen molar-refractivity contribution in [2.75, 3.05) is 39.6 Å². The standard InChI is InChI=1S/C73H142O17P2/c1-8-10-11-12-13-14-15-16-19-22-25-33-40-47-54-70(75)83-60-68(89-72(77)56-49-42-34-26-23-20-17-18-21-24-30-37-44-51-64(3)4)62-87-91(79,80)85-58-67(74)59-86-92(81,82)88-63-69(61-84-71(76)55-48-41-36-29-31-38-45-52-65(5)6)90-73(78)57-50-43-35-28-27-32-39-46-53-66(7)9-2/h64-69,74H,8-63H2,1-7H3,(H,79,80)(H,81,82)/t66?,67-,68-,69-/m1/s1. The van der Waals surface area contributed by atoms with E-state index in [0.717, 1.165) is 108 Å². The van der Waals surface area contributed by atoms with Crippen LogP contribution in [0.1, 0.15) is 370 Å². The maximum atomic E-state index is 13.1. The molecule has 0 aromatic rings. The van der Waals surface area contributed by atoms with Gasteiger partial charge in [-0.3, -0.25) is 37.3 Å². The molecule has 0 saturated carbocycles. The first-order chi connectivity index (χ1) is 44.3. The van der Waals surface area contributed by atoms with Gasteiger partial charge in [-0.2, -0.15) is 0 Å². The zero-order chi connectivity index (χ0) is 68.0. The van der Waals surface area contributed by atoms with Crippen molar-refractivity contribution in [1.82, 2.24) is 0 Å². The molecule has 0 spiro atoms. The molecular weight excluding hydrogens is 1210 g/mol. The first-order valence-electron chi connectivity index (χ1n) is 37.9. The first kappa shape index (κ1) is 90.1. The number of esters is 4. The summed E-state index contributed by atoms with van der Waals surface area (Å²) < 4.78 is 68.4. The third-order valence-electron chi connectivity index (χ3n) is 17.2. The summed E-state index contributed by atoms with van der Waals surface area (Å²) in [6.07, 6.45) is 48.5. The quantitative estimate of drug-likeness (QED) is 0.0222. The van der Waals surface area contributed by atoms with Crippen LogP contribution < -0.4 is 0 Å². The van der Waals surface area contributed by atoms with Crippen LogP contribution in [0.3, 0.4) is 0 Å². The number of carbonyl (C=O) groups is 4. The Morgan fingerprint density at radius 3 is 0.826 bits per heavy atom. The number of aliphatic hydroxyl groups excluding tert-OH is 1. The van der Waals surface area contributed by atoms with E-state index in [1.54, 1.807) is 0 Å². The number of unbranched alkanes of at least 4 members (excludes halogenated alkanes) is 38. The third-order valence-corrected chi connectivity index (χ3v) is 19.1. The van der Waals surface area contributed by atoms with Gasteiger partial charge in [0, 0.05) is 25.7 Å². The van der Waals surface area contributed by atoms with Crippen molar-refractivity contribution in [1.29, 1.82) is 0 Å². The van der Waals surface area contributed by atoms with Crippen molar-refractivity contribution in [3.63, 3.8) is 0 Å². The van der Waals surface area contributed by atoms with Crippen LogP contribution in [-0.2, 0) is 65.4 Å². The molecule has 19 heteroatoms. The van der Waals surface area contributed by atoms with Gasteiger partial charge in [-0.25, -0.2) is 9.13 Å². The van der Waals surface area contributed by atoms with Crippen LogP contribution in [0.25, 0.3) is 0 Å². The Morgan fingerprint density at radius 2 is 0.554 bits per heavy atom. The summed E-state index contributed by atoms with van der Waals surface area (Å²) in [5, 5.41) is 10.6. The van der Waals surface area contributed by atoms with Gasteiger partial charge in [-0.05, 0) is 43.4 Å². The van der Waals surface area contributed by atoms with E-state index in [9.17, 15) is 43.2 Å². The summed E-state index contributed by atoms with van der Waals surface area (Å²) >= 11 is 0. The highest BCUT2D eigenvalue weighted by atomic mass is 31.2. The lowest BCUT2D eigenvalue weighted by Gasteiger charge is -2.21. The normalized spacial score (nSPS) is 14.4. The topological polar surface area (TPSA) is 237 Å². The van der Waals surface area contributed by atoms with E-state index in [0.29, 0.717) is 31.6 Å². The van der Waals surface area contributed by atoms with Crippen LogP contribution in [0.5, 0.6) is 0 Å². The van der Waals surface area contributed by atoms with Gasteiger partial charge in [0.05, 0.1) is 26.4 Å². The summed E-state index contributed by atoms with van der Waals surface area (Å²) in [7, 11) is -9.91. The Morgan fingerprint density at radius 1 is 0.315 bits per heavy atom. The largest absolute Gasteiger partial charge is 0.472 e. The smallest absolute Gasteiger partial charge is 0.462 e. The van der Waals surface area contributed by atoms with E-state index in [-0.39, 0.29) is 25.7 Å². The highest BCUT2D eigenvalue weighted by molar-refractivity contribution is 7.47. The Hall–Kier alpha value is -1.94. The Balaban J connectivity index is 5.26. The SMILES string of the molecule is CCCCCCCCCCCCCCCCC(=O)OC[C@H](COP(=O)(O)OC[C@@H](O)COP(=O)(O)OC[C@@H](COC(=O)CCCCCCCCCC(C)C)OC(=O)CCCCCCCCCCC(C)CC)OC(=O)CCCCCCCCCCCCCCCC(C)C. The van der Waals surface area contributed by atoms with Gasteiger partial charge >= 0.3 is 39.5 Å². The molecule has 6 atom stereocenters. The molecular formula is C73H142O17P2. The molecule has 0 radical (unpaired) electrons. The van der Waals surface area contributed by atoms with Gasteiger partial charge in [-0.15, -0.1) is 0 Å². The van der Waals surface area contributed by atoms with Crippen molar-refractivity contribution in [2.24, 2.45) is 17.8 Å². The van der Waals surface area contributed by atoms with E-state index < -0.39 is 97.5 Å². The molecule has 3 N–H and O–H groups in total. The molecule has 0 rings (SSSR count). The highest BCUT2D eigenvalue weighted by Crippen LogP contribution is 2.45. The van der Waals surface area contributed by atoms with Gasteiger partial charge in [0.2, 0.25) is 0 Å². The van der Waals surface area contributed by atoms with Crippen LogP contribution in [-0.4, -0.2) is 96.7 Å². The average Bonchev–Trinajstić information content (AvgIpc) is 2.29. The maximum absolute atomic E-state index is 13.1. The number of hydrogen-bond acceptors (Lipinski definition) is 15. The summed E-state index contributed by atoms with van der Waals surface area (Å²) in [5.41, 5.74) is 0. The lowest BCUT2D eigenvalue weighted by atomic mass is 9.99. The predicted molar refractivity (Wildman–Crippen MR) is 372 cm³/mol. The molecule has 0 aromatic heterocycles. The third kappa shape index (κ3) is 65.4. The minimum Gasteiger partial charge on any atom is -0.462 e. The highest BCUT2D eigenvalue weighted by Gasteiger charge is 2.30. The lowest BCUT2D eigenvalue weighted by molar-refractivity contribution is -0.161. The van der Waals surface area contributed by atoms with Crippen LogP contribution in [0.4, 0.5) is 0 Å². The summed E-state index contributed by atoms with van der Waals surface area (Å²) in [6.45, 7) is 11.8. The molecule has 546 valence electrons. The Bertz CT molecular complexity index is 1800. The van der Waals surface area contributed by atoms with E-state index in [1.165, 1.54) is 173 Å². The minimum atomic E-state index is -4.95. The number of rotatable bonds is 71. The van der Waals surface area contributed by atoms with Gasteiger partial charge in [0.1, 0.15) is 19.3 Å². The summed E-state index contributed by atoms with van der Waals surface area (Å²) in [5.74, 6) is 0.138. The van der Waals surface area contributed by atoms with Crippen molar-refractivity contribution in [2.45, 2.75) is 388 Å². The van der Waals surface area contributed by atoms with Crippen molar-refractivity contribution in [3.8, 4) is 0 Å². The van der Waals surface area contributed by atoms with Crippen LogP contribution in [0.2, 0.25) is 0 Å². The Kier molecular flexibility index (Phi) is 62.4. The number of carbonyl (C=O) groups excluding carboxylic acids is 4. The Labute approximate surface area is 562 Å². The number of phosphoric ester groups is 2. The number of phosphoric acid groups is 2. The molecule has 0 aromatic carbocycles. The lowest BCUT2D eigenvalue weighted by Crippen LogP contribution is -2.30. The second-order valence-electron chi connectivity index (χ2n) is 27.5. The van der Waals surface area contributed by atoms with Gasteiger partial charge in [0.15, 0.2) is 12.2 Å². The molecule has 17 nitrogen and oxygen atoms in total. The van der Waals surface area contributed by atoms with Gasteiger partial charge in [0.25, 0.3) is 0 Å². The van der Waals surface area contributed by atoms with Gasteiger partial charge < -0.3 is 33.8 Å². The summed E-state index contributed by atoms with van der Waals surface area (Å²) in [6, 6.07) is 0. The van der Waals surface area contributed by atoms with Crippen molar-refractivity contribution in [3.05, 3.63) is 0 Å². The average molecular weight is 1350 g/mol. The zero-order valence-electron chi connectivity index (χ0n) is 60.0. The first-order valence-corrected chi connectivity index (χ1v) is 40.9. The monoisotopic (exact) mass is 1350 g/mol. The molecule has 0 saturated heterocycles. The zero-order valence-corrected chi connectivity index (χ0v) is 61.8. The fourth-order valence-electron chi connectivity index (χ4n) is 11.0. The van der Waals surface area contributed by atoms with Crippen LogP contribution in [0.15, 0.2) is 0 Å². The molecule has 0 heterocycles. The van der Waals surface area contributed by atoms with Crippen LogP contribution >= 0.6 is 15.6 Å². The molecule has 0 aliphatic carbocycles. The molecule has 0 fully saturated rings. The number of hydrogen-bond donors (Lipinski definition) is 3. The number of aliphatic hydroxyl groups is 1. The second-order valence-corrected chi connectivity index (χ2v) is 30.4. The van der Waals surface area contributed by atoms with Crippen LogP contribution in [0, 0.1) is 17.8 Å². The molecule has 0 aliphatic rings. The van der Waals surface area contributed by atoms with E-state index in [2.05, 4.69) is 48.5 Å². The molecule has 92 heavy (non-hydrogen) atoms. The molecule has 0 amide bonds. The van der Waals surface area contributed by atoms with E-state index in [1.807, 2.05) is 0 Å². The minimum absolute atomic E-state index is 0.104. The fraction of sp³-hybridized carbons (Fsp3) is 0.945. The van der Waals surface area contributed by atoms with Crippen molar-refractivity contribution < 1.29 is 80.2 Å². The molecule has 3 unspecified atom stereocenters. The maximum Gasteiger partial charge on any atom is 0.472 e. The predicted octanol–water partition coefficient (Wildman–Crippen LogP) is 21.0. The number of ether oxygens (including phenoxy) is 4. The molecule has 0 bridgehead atoms. The van der Waals surface area contributed by atoms with E-state index in [4.69, 9.17) is 37.0 Å². The van der Waals surface area contributed by atoms with E-state index >= 15 is 0 Å². The summed E-state index contributed by atoms with van der Waals surface area (Å²) in [4.78, 5) is 72.7. The fourth-order valence-corrected chi connectivity index (χ4v) is 12.6.